The Morgan fingerprint density at radius 3 is 2.81 bits per heavy atom. The van der Waals surface area contributed by atoms with Crippen molar-refractivity contribution in [3.63, 3.8) is 0 Å². The third kappa shape index (κ3) is 2.59. The van der Waals surface area contributed by atoms with Gasteiger partial charge < -0.3 is 13.3 Å². The molecule has 0 bridgehead atoms. The molecule has 3 fully saturated rings. The number of aliphatic hydroxyl groups excluding tert-OH is 1. The molecule has 0 aromatic rings. The van der Waals surface area contributed by atoms with E-state index >= 15 is 0 Å². The average molecular weight is 486 g/mol. The van der Waals surface area contributed by atoms with E-state index in [1.54, 1.807) is 35.2 Å². The van der Waals surface area contributed by atoms with E-state index in [1.807, 2.05) is 13.0 Å². The summed E-state index contributed by atoms with van der Waals surface area (Å²) in [4.78, 5) is 24.6. The molecule has 4 aliphatic rings. The molecule has 5 nitrogen and oxygen atoms in total. The van der Waals surface area contributed by atoms with Crippen LogP contribution < -0.4 is 0 Å². The van der Waals surface area contributed by atoms with Gasteiger partial charge in [0.1, 0.15) is 35.2 Å². The van der Waals surface area contributed by atoms with Gasteiger partial charge in [-0.05, 0) is 56.1 Å². The first-order chi connectivity index (χ1) is 12.7. The zero-order valence-corrected chi connectivity index (χ0v) is 17.9. The van der Waals surface area contributed by atoms with Gasteiger partial charge in [-0.15, -0.1) is 0 Å². The zero-order chi connectivity index (χ0) is 19.6. The van der Waals surface area contributed by atoms with E-state index in [2.05, 4.69) is 6.92 Å². The lowest BCUT2D eigenvalue weighted by Gasteiger charge is -2.59. The Morgan fingerprint density at radius 1 is 1.37 bits per heavy atom. The summed E-state index contributed by atoms with van der Waals surface area (Å²) in [5.41, 5.74) is -1.30. The van der Waals surface area contributed by atoms with Gasteiger partial charge in [-0.25, -0.2) is 0 Å². The number of ketones is 2. The Hall–Kier alpha value is -0.570. The summed E-state index contributed by atoms with van der Waals surface area (Å²) in [6, 6.07) is 0. The van der Waals surface area contributed by atoms with E-state index in [-0.39, 0.29) is 41.3 Å². The maximum Gasteiger partial charge on any atom is 0.191 e. The zero-order valence-electron chi connectivity index (χ0n) is 15.8. The molecule has 0 heterocycles. The molecule has 0 spiro atoms. The number of aliphatic hydroxyl groups is 2. The third-order valence-corrected chi connectivity index (χ3v) is 8.61. The number of rotatable bonds is 3. The maximum absolute atomic E-state index is 12.7. The number of halogens is 1. The summed E-state index contributed by atoms with van der Waals surface area (Å²) < 4.78 is 4.99. The SMILES string of the molecule is C[C@]12C=CC(=O)C=C1CC[C@@H]1[C@@H]2[C@@H](O)C[C@@]2(C)[C@H]1CC[C@]2(O)C(=O)COI. The summed E-state index contributed by atoms with van der Waals surface area (Å²) in [6.45, 7) is 3.99. The monoisotopic (exact) mass is 486 g/mol. The largest absolute Gasteiger partial charge is 0.393 e. The molecule has 0 aromatic heterocycles. The van der Waals surface area contributed by atoms with Crippen LogP contribution in [0.3, 0.4) is 0 Å². The Morgan fingerprint density at radius 2 is 2.11 bits per heavy atom. The first-order valence-corrected chi connectivity index (χ1v) is 10.7. The molecule has 7 atom stereocenters. The lowest BCUT2D eigenvalue weighted by atomic mass is 9.46. The topological polar surface area (TPSA) is 83.8 Å². The van der Waals surface area contributed by atoms with Crippen LogP contribution in [-0.2, 0) is 12.7 Å². The first kappa shape index (κ1) is 19.7. The minimum absolute atomic E-state index is 0.0122. The van der Waals surface area contributed by atoms with Gasteiger partial charge in [-0.1, -0.05) is 25.5 Å². The van der Waals surface area contributed by atoms with Crippen molar-refractivity contribution in [1.82, 2.24) is 0 Å². The Kier molecular flexibility index (Phi) is 4.73. The Balaban J connectivity index is 1.72. The highest BCUT2D eigenvalue weighted by atomic mass is 127. The van der Waals surface area contributed by atoms with E-state index < -0.39 is 17.1 Å². The fourth-order valence-electron chi connectivity index (χ4n) is 6.96. The van der Waals surface area contributed by atoms with E-state index in [0.29, 0.717) is 12.8 Å². The first-order valence-electron chi connectivity index (χ1n) is 9.79. The van der Waals surface area contributed by atoms with E-state index in [4.69, 9.17) is 3.07 Å². The molecule has 0 aromatic carbocycles. The molecule has 4 rings (SSSR count). The van der Waals surface area contributed by atoms with Gasteiger partial charge in [0, 0.05) is 16.7 Å². The van der Waals surface area contributed by atoms with Crippen molar-refractivity contribution in [1.29, 1.82) is 0 Å². The van der Waals surface area contributed by atoms with Gasteiger partial charge >= 0.3 is 0 Å². The second kappa shape index (κ2) is 6.47. The van der Waals surface area contributed by atoms with Crippen molar-refractivity contribution >= 4 is 34.6 Å². The molecule has 27 heavy (non-hydrogen) atoms. The van der Waals surface area contributed by atoms with Crippen LogP contribution in [0.15, 0.2) is 23.8 Å². The van der Waals surface area contributed by atoms with Crippen molar-refractivity contribution < 1.29 is 22.9 Å². The van der Waals surface area contributed by atoms with Crippen LogP contribution in [0.25, 0.3) is 0 Å². The van der Waals surface area contributed by atoms with Crippen molar-refractivity contribution in [3.8, 4) is 0 Å². The highest BCUT2D eigenvalue weighted by Crippen LogP contribution is 2.67. The van der Waals surface area contributed by atoms with Crippen molar-refractivity contribution in [3.05, 3.63) is 23.8 Å². The van der Waals surface area contributed by atoms with Crippen LogP contribution in [0.1, 0.15) is 46.0 Å². The number of allylic oxidation sites excluding steroid dienone is 4. The molecule has 0 amide bonds. The van der Waals surface area contributed by atoms with Gasteiger partial charge in [0.25, 0.3) is 0 Å². The van der Waals surface area contributed by atoms with Crippen molar-refractivity contribution in [2.24, 2.45) is 28.6 Å². The summed E-state index contributed by atoms with van der Waals surface area (Å²) in [7, 11) is 0. The maximum atomic E-state index is 12.7. The van der Waals surface area contributed by atoms with Crippen molar-refractivity contribution in [2.75, 3.05) is 6.61 Å². The highest BCUT2D eigenvalue weighted by Gasteiger charge is 2.68. The Labute approximate surface area is 173 Å². The van der Waals surface area contributed by atoms with Crippen LogP contribution in [0, 0.1) is 28.6 Å². The quantitative estimate of drug-likeness (QED) is 0.600. The Bertz CT molecular complexity index is 745. The van der Waals surface area contributed by atoms with Gasteiger partial charge in [0.05, 0.1) is 6.10 Å². The normalized spacial score (nSPS) is 48.5. The second-order valence-corrected chi connectivity index (χ2v) is 9.91. The highest BCUT2D eigenvalue weighted by molar-refractivity contribution is 14.1. The predicted octanol–water partition coefficient (Wildman–Crippen LogP) is 2.93. The van der Waals surface area contributed by atoms with Crippen LogP contribution in [0.2, 0.25) is 0 Å². The lowest BCUT2D eigenvalue weighted by molar-refractivity contribution is -0.177. The molecule has 0 unspecified atom stereocenters. The number of hydrogen-bond donors (Lipinski definition) is 2. The molecule has 0 aliphatic heterocycles. The molecule has 148 valence electrons. The smallest absolute Gasteiger partial charge is 0.191 e. The summed E-state index contributed by atoms with van der Waals surface area (Å²) >= 11 is 1.68. The second-order valence-electron chi connectivity index (χ2n) is 9.29. The van der Waals surface area contributed by atoms with E-state index in [0.717, 1.165) is 24.8 Å². The average Bonchev–Trinajstić information content (AvgIpc) is 2.87. The predicted molar refractivity (Wildman–Crippen MR) is 108 cm³/mol. The van der Waals surface area contributed by atoms with Gasteiger partial charge in [0.15, 0.2) is 11.6 Å². The van der Waals surface area contributed by atoms with Gasteiger partial charge in [-0.3, -0.25) is 9.59 Å². The molecule has 0 saturated heterocycles. The summed E-state index contributed by atoms with van der Waals surface area (Å²) in [5, 5.41) is 22.6. The number of hydrogen-bond acceptors (Lipinski definition) is 5. The van der Waals surface area contributed by atoms with Crippen LogP contribution >= 0.6 is 23.0 Å². The van der Waals surface area contributed by atoms with E-state index in [1.165, 1.54) is 0 Å². The van der Waals surface area contributed by atoms with Crippen LogP contribution in [0.4, 0.5) is 0 Å². The van der Waals surface area contributed by atoms with Crippen LogP contribution in [-0.4, -0.2) is 40.1 Å². The number of fused-ring (bicyclic) bond motifs is 5. The molecule has 3 saturated carbocycles. The molecule has 4 aliphatic carbocycles. The summed E-state index contributed by atoms with van der Waals surface area (Å²) in [5.74, 6) is 0.159. The minimum Gasteiger partial charge on any atom is -0.393 e. The van der Waals surface area contributed by atoms with Gasteiger partial charge in [-0.2, -0.15) is 0 Å². The molecular weight excluding hydrogens is 459 g/mol. The van der Waals surface area contributed by atoms with Crippen LogP contribution in [0.5, 0.6) is 0 Å². The fraction of sp³-hybridized carbons (Fsp3) is 0.714. The number of Topliss-reactive ketones (excluding diaryl/α,β-unsaturated/α-hetero) is 1. The molecule has 6 heteroatoms. The summed E-state index contributed by atoms with van der Waals surface area (Å²) in [6.07, 6.45) is 8.04. The standard InChI is InChI=1S/C21H27IO5/c1-19-7-5-13(23)9-12(19)3-4-14-15-6-8-21(26,17(25)11-27-22)20(15,2)10-16(24)18(14)19/h5,7,9,14-16,18,24,26H,3-4,6,8,10-11H2,1-2H3/t14-,15-,16-,18+,19-,20-,21-/m0/s1. The van der Waals surface area contributed by atoms with E-state index in [9.17, 15) is 19.8 Å². The lowest BCUT2D eigenvalue weighted by Crippen LogP contribution is -2.61. The molecule has 2 N–H and O–H groups in total. The van der Waals surface area contributed by atoms with Crippen molar-refractivity contribution in [2.45, 2.75) is 57.7 Å². The number of carbonyl (C=O) groups excluding carboxylic acids is 2. The number of carbonyl (C=O) groups is 2. The molecule has 0 radical (unpaired) electrons. The minimum atomic E-state index is -1.44. The molecular formula is C21H27IO5. The third-order valence-electron chi connectivity index (χ3n) is 8.29. The van der Waals surface area contributed by atoms with Gasteiger partial charge in [0.2, 0.25) is 0 Å². The fourth-order valence-corrected chi connectivity index (χ4v) is 7.24.